The van der Waals surface area contributed by atoms with Gasteiger partial charge in [-0.3, -0.25) is 5.41 Å². The van der Waals surface area contributed by atoms with Gasteiger partial charge in [0.05, 0.1) is 15.7 Å². The van der Waals surface area contributed by atoms with Crippen molar-refractivity contribution in [2.45, 2.75) is 6.92 Å². The number of aryl methyl sites for hydroxylation is 1. The molecule has 22 heavy (non-hydrogen) atoms. The highest BCUT2D eigenvalue weighted by Crippen LogP contribution is 2.30. The second-order valence-corrected chi connectivity index (χ2v) is 5.70. The van der Waals surface area contributed by atoms with Gasteiger partial charge >= 0.3 is 0 Å². The molecule has 0 atom stereocenters. The van der Waals surface area contributed by atoms with Gasteiger partial charge in [0, 0.05) is 25.9 Å². The van der Waals surface area contributed by atoms with E-state index >= 15 is 0 Å². The highest BCUT2D eigenvalue weighted by Gasteiger charge is 2.18. The summed E-state index contributed by atoms with van der Waals surface area (Å²) in [6.07, 6.45) is 0. The molecule has 0 bridgehead atoms. The van der Waals surface area contributed by atoms with Gasteiger partial charge in [0.25, 0.3) is 0 Å². The minimum atomic E-state index is -0.214. The second kappa shape index (κ2) is 6.37. The molecule has 2 rings (SSSR count). The molecular weight excluding hydrogens is 323 g/mol. The summed E-state index contributed by atoms with van der Waals surface area (Å²) < 4.78 is 0. The van der Waals surface area contributed by atoms with Crippen molar-refractivity contribution in [1.82, 2.24) is 9.97 Å². The van der Waals surface area contributed by atoms with Crippen LogP contribution >= 0.6 is 23.2 Å². The Bertz CT molecular complexity index is 716. The van der Waals surface area contributed by atoms with E-state index in [-0.39, 0.29) is 5.96 Å². The van der Waals surface area contributed by atoms with Crippen LogP contribution in [0.25, 0.3) is 0 Å². The standard InChI is InChI=1S/C14H16Cl2N6/c1-8-6-12(21(2)3)20-14(19-8)22(13(17)18)9-4-5-10(15)11(16)7-9/h4-7H,1-3H3,(H3,17,18). The van der Waals surface area contributed by atoms with E-state index < -0.39 is 0 Å². The number of halogens is 2. The summed E-state index contributed by atoms with van der Waals surface area (Å²) in [5, 5.41) is 8.62. The topological polar surface area (TPSA) is 82.1 Å². The van der Waals surface area contributed by atoms with Crippen LogP contribution in [0.3, 0.4) is 0 Å². The van der Waals surface area contributed by atoms with Gasteiger partial charge in [0.1, 0.15) is 5.82 Å². The van der Waals surface area contributed by atoms with Crippen molar-refractivity contribution in [3.05, 3.63) is 40.0 Å². The number of aromatic nitrogens is 2. The average Bonchev–Trinajstić information content (AvgIpc) is 2.42. The molecule has 0 amide bonds. The Morgan fingerprint density at radius 2 is 1.82 bits per heavy atom. The Morgan fingerprint density at radius 3 is 2.36 bits per heavy atom. The third kappa shape index (κ3) is 3.40. The van der Waals surface area contributed by atoms with Gasteiger partial charge in [-0.1, -0.05) is 23.2 Å². The van der Waals surface area contributed by atoms with Crippen molar-refractivity contribution in [2.24, 2.45) is 5.73 Å². The molecule has 0 aliphatic rings. The molecule has 0 fully saturated rings. The van der Waals surface area contributed by atoms with Crippen LogP contribution in [0.15, 0.2) is 24.3 Å². The largest absolute Gasteiger partial charge is 0.369 e. The summed E-state index contributed by atoms with van der Waals surface area (Å²) in [5.41, 5.74) is 7.04. The van der Waals surface area contributed by atoms with Gasteiger partial charge < -0.3 is 10.6 Å². The second-order valence-electron chi connectivity index (χ2n) is 4.88. The smallest absolute Gasteiger partial charge is 0.239 e. The molecule has 0 unspecified atom stereocenters. The Kier molecular flexibility index (Phi) is 4.73. The lowest BCUT2D eigenvalue weighted by molar-refractivity contribution is 0.993. The van der Waals surface area contributed by atoms with Crippen molar-refractivity contribution < 1.29 is 0 Å². The fraction of sp³-hybridized carbons (Fsp3) is 0.214. The SMILES string of the molecule is Cc1cc(N(C)C)nc(N(C(=N)N)c2ccc(Cl)c(Cl)c2)n1. The number of anilines is 3. The first-order valence-electron chi connectivity index (χ1n) is 6.42. The lowest BCUT2D eigenvalue weighted by Crippen LogP contribution is -2.34. The molecule has 1 aromatic heterocycles. The van der Waals surface area contributed by atoms with Crippen LogP contribution in [0.4, 0.5) is 17.5 Å². The van der Waals surface area contributed by atoms with Gasteiger partial charge in [-0.15, -0.1) is 0 Å². The number of guanidine groups is 1. The maximum absolute atomic E-state index is 7.83. The molecule has 6 nitrogen and oxygen atoms in total. The number of nitrogens with one attached hydrogen (secondary N) is 1. The van der Waals surface area contributed by atoms with Crippen LogP contribution < -0.4 is 15.5 Å². The molecule has 0 aliphatic heterocycles. The van der Waals surface area contributed by atoms with Crippen LogP contribution in [0.1, 0.15) is 5.69 Å². The predicted octanol–water partition coefficient (Wildman–Crippen LogP) is 3.19. The van der Waals surface area contributed by atoms with Gasteiger partial charge in [-0.2, -0.15) is 4.98 Å². The van der Waals surface area contributed by atoms with E-state index in [0.717, 1.165) is 5.69 Å². The molecule has 116 valence electrons. The van der Waals surface area contributed by atoms with E-state index in [4.69, 9.17) is 34.3 Å². The fourth-order valence-corrected chi connectivity index (χ4v) is 2.14. The Morgan fingerprint density at radius 1 is 1.14 bits per heavy atom. The Labute approximate surface area is 139 Å². The van der Waals surface area contributed by atoms with Crippen LogP contribution in [-0.4, -0.2) is 30.0 Å². The number of nitrogens with two attached hydrogens (primary N) is 1. The van der Waals surface area contributed by atoms with Gasteiger partial charge in [-0.25, -0.2) is 9.88 Å². The number of hydrogen-bond acceptors (Lipinski definition) is 4. The lowest BCUT2D eigenvalue weighted by Gasteiger charge is -2.23. The van der Waals surface area contributed by atoms with E-state index in [1.807, 2.05) is 32.0 Å². The molecule has 1 heterocycles. The highest BCUT2D eigenvalue weighted by molar-refractivity contribution is 6.42. The van der Waals surface area contributed by atoms with Crippen molar-refractivity contribution in [3.63, 3.8) is 0 Å². The predicted molar refractivity (Wildman–Crippen MR) is 91.6 cm³/mol. The normalized spacial score (nSPS) is 10.4. The zero-order valence-electron chi connectivity index (χ0n) is 12.4. The number of nitrogens with zero attached hydrogens (tertiary/aromatic N) is 4. The molecular formula is C14H16Cl2N6. The fourth-order valence-electron chi connectivity index (χ4n) is 1.85. The number of hydrogen-bond donors (Lipinski definition) is 2. The number of rotatable bonds is 3. The van der Waals surface area contributed by atoms with Crippen LogP contribution in [0.2, 0.25) is 10.0 Å². The molecule has 1 aromatic carbocycles. The summed E-state index contributed by atoms with van der Waals surface area (Å²) in [4.78, 5) is 12.0. The quantitative estimate of drug-likeness (QED) is 0.663. The zero-order chi connectivity index (χ0) is 16.4. The summed E-state index contributed by atoms with van der Waals surface area (Å²) in [5.74, 6) is 0.803. The minimum Gasteiger partial charge on any atom is -0.369 e. The van der Waals surface area contributed by atoms with Gasteiger partial charge in [0.15, 0.2) is 5.96 Å². The molecule has 0 saturated heterocycles. The first kappa shape index (κ1) is 16.3. The van der Waals surface area contributed by atoms with E-state index in [1.54, 1.807) is 18.2 Å². The molecule has 0 radical (unpaired) electrons. The lowest BCUT2D eigenvalue weighted by atomic mass is 10.3. The van der Waals surface area contributed by atoms with Crippen LogP contribution in [0.5, 0.6) is 0 Å². The first-order chi connectivity index (χ1) is 10.3. The van der Waals surface area contributed by atoms with Gasteiger partial charge in [-0.05, 0) is 25.1 Å². The van der Waals surface area contributed by atoms with E-state index in [1.165, 1.54) is 4.90 Å². The van der Waals surface area contributed by atoms with Crippen molar-refractivity contribution in [1.29, 1.82) is 5.41 Å². The Balaban J connectivity index is 2.57. The maximum Gasteiger partial charge on any atom is 0.239 e. The summed E-state index contributed by atoms with van der Waals surface area (Å²) in [6, 6.07) is 6.80. The molecule has 0 spiro atoms. The van der Waals surface area contributed by atoms with Gasteiger partial charge in [0.2, 0.25) is 5.95 Å². The summed E-state index contributed by atoms with van der Waals surface area (Å²) in [6.45, 7) is 1.85. The van der Waals surface area contributed by atoms with E-state index in [2.05, 4.69) is 9.97 Å². The monoisotopic (exact) mass is 338 g/mol. The summed E-state index contributed by atoms with van der Waals surface area (Å²) >= 11 is 12.0. The van der Waals surface area contributed by atoms with Crippen molar-refractivity contribution in [2.75, 3.05) is 23.9 Å². The Hall–Kier alpha value is -2.05. The van der Waals surface area contributed by atoms with Crippen LogP contribution in [-0.2, 0) is 0 Å². The number of benzene rings is 1. The first-order valence-corrected chi connectivity index (χ1v) is 7.17. The third-order valence-corrected chi connectivity index (χ3v) is 3.63. The molecule has 2 aromatic rings. The van der Waals surface area contributed by atoms with Crippen LogP contribution in [0, 0.1) is 12.3 Å². The molecule has 8 heteroatoms. The van der Waals surface area contributed by atoms with E-state index in [0.29, 0.717) is 27.5 Å². The third-order valence-electron chi connectivity index (χ3n) is 2.89. The molecule has 0 aliphatic carbocycles. The summed E-state index contributed by atoms with van der Waals surface area (Å²) in [7, 11) is 3.76. The minimum absolute atomic E-state index is 0.214. The average molecular weight is 339 g/mol. The highest BCUT2D eigenvalue weighted by atomic mass is 35.5. The molecule has 0 saturated carbocycles. The maximum atomic E-state index is 7.83. The van der Waals surface area contributed by atoms with Crippen molar-refractivity contribution in [3.8, 4) is 0 Å². The van der Waals surface area contributed by atoms with E-state index in [9.17, 15) is 0 Å². The zero-order valence-corrected chi connectivity index (χ0v) is 13.9. The van der Waals surface area contributed by atoms with Crippen molar-refractivity contribution >= 4 is 46.6 Å². The molecule has 3 N–H and O–H groups in total.